The van der Waals surface area contributed by atoms with E-state index in [1.807, 2.05) is 18.3 Å². The maximum absolute atomic E-state index is 5.83. The smallest absolute Gasteiger partial charge is 0.143 e. The van der Waals surface area contributed by atoms with Crippen molar-refractivity contribution in [2.75, 3.05) is 13.1 Å². The van der Waals surface area contributed by atoms with Crippen LogP contribution in [0.25, 0.3) is 10.9 Å². The van der Waals surface area contributed by atoms with Crippen LogP contribution in [0.5, 0.6) is 5.75 Å². The highest BCUT2D eigenvalue weighted by molar-refractivity contribution is 5.85. The first-order chi connectivity index (χ1) is 6.93. The molecule has 1 aromatic carbocycles. The highest BCUT2D eigenvalue weighted by Crippen LogP contribution is 2.25. The summed E-state index contributed by atoms with van der Waals surface area (Å²) in [6.45, 7) is 1.91. The summed E-state index contributed by atoms with van der Waals surface area (Å²) in [6.07, 6.45) is 2.28. The van der Waals surface area contributed by atoms with Gasteiger partial charge >= 0.3 is 0 Å². The molecular formula is C11H12N2O. The topological polar surface area (TPSA) is 37.0 Å². The van der Waals surface area contributed by atoms with E-state index in [2.05, 4.69) is 22.4 Å². The van der Waals surface area contributed by atoms with Crippen molar-refractivity contribution in [1.82, 2.24) is 10.3 Å². The van der Waals surface area contributed by atoms with Gasteiger partial charge in [0.1, 0.15) is 11.9 Å². The average molecular weight is 188 g/mol. The van der Waals surface area contributed by atoms with Crippen LogP contribution in [0.4, 0.5) is 0 Å². The van der Waals surface area contributed by atoms with Gasteiger partial charge in [-0.15, -0.1) is 0 Å². The Hall–Kier alpha value is -1.48. The fraction of sp³-hybridized carbons (Fsp3) is 0.273. The maximum Gasteiger partial charge on any atom is 0.143 e. The molecule has 1 aliphatic heterocycles. The van der Waals surface area contributed by atoms with Gasteiger partial charge in [-0.25, -0.2) is 0 Å². The first-order valence-electron chi connectivity index (χ1n) is 4.87. The van der Waals surface area contributed by atoms with Crippen LogP contribution >= 0.6 is 0 Å². The van der Waals surface area contributed by atoms with Crippen LogP contribution in [-0.4, -0.2) is 24.2 Å². The Bertz CT molecular complexity index is 445. The van der Waals surface area contributed by atoms with Gasteiger partial charge in [-0.1, -0.05) is 12.1 Å². The Kier molecular flexibility index (Phi) is 1.70. The molecule has 1 saturated heterocycles. The SMILES string of the molecule is c1cc(OC2CNC2)c2[nH]ccc2c1. The summed E-state index contributed by atoms with van der Waals surface area (Å²) in [5.74, 6) is 0.957. The Morgan fingerprint density at radius 2 is 2.14 bits per heavy atom. The molecule has 1 aliphatic rings. The van der Waals surface area contributed by atoms with E-state index in [-0.39, 0.29) is 0 Å². The van der Waals surface area contributed by atoms with E-state index in [1.54, 1.807) is 0 Å². The monoisotopic (exact) mass is 188 g/mol. The predicted molar refractivity (Wildman–Crippen MR) is 55.6 cm³/mol. The number of nitrogens with one attached hydrogen (secondary N) is 2. The largest absolute Gasteiger partial charge is 0.486 e. The lowest BCUT2D eigenvalue weighted by atomic mass is 10.2. The number of fused-ring (bicyclic) bond motifs is 1. The second kappa shape index (κ2) is 3.03. The molecule has 0 saturated carbocycles. The molecular weight excluding hydrogens is 176 g/mol. The van der Waals surface area contributed by atoms with Crippen LogP contribution in [-0.2, 0) is 0 Å². The highest BCUT2D eigenvalue weighted by atomic mass is 16.5. The fourth-order valence-corrected chi connectivity index (χ4v) is 1.68. The third kappa shape index (κ3) is 1.17. The van der Waals surface area contributed by atoms with E-state index in [9.17, 15) is 0 Å². The molecule has 0 radical (unpaired) electrons. The number of hydrogen-bond acceptors (Lipinski definition) is 2. The van der Waals surface area contributed by atoms with Crippen LogP contribution in [0.2, 0.25) is 0 Å². The van der Waals surface area contributed by atoms with E-state index in [4.69, 9.17) is 4.74 Å². The molecule has 1 fully saturated rings. The number of benzene rings is 1. The number of rotatable bonds is 2. The van der Waals surface area contributed by atoms with Crippen LogP contribution in [0.15, 0.2) is 30.5 Å². The van der Waals surface area contributed by atoms with E-state index in [0.717, 1.165) is 24.4 Å². The van der Waals surface area contributed by atoms with Crippen molar-refractivity contribution in [2.45, 2.75) is 6.10 Å². The Morgan fingerprint density at radius 3 is 2.93 bits per heavy atom. The number of aromatic amines is 1. The summed E-state index contributed by atoms with van der Waals surface area (Å²) < 4.78 is 5.83. The van der Waals surface area contributed by atoms with Crippen molar-refractivity contribution in [1.29, 1.82) is 0 Å². The molecule has 0 aliphatic carbocycles. The normalized spacial score (nSPS) is 16.9. The zero-order valence-electron chi connectivity index (χ0n) is 7.79. The number of aromatic nitrogens is 1. The van der Waals surface area contributed by atoms with Crippen molar-refractivity contribution >= 4 is 10.9 Å². The predicted octanol–water partition coefficient (Wildman–Crippen LogP) is 1.52. The number of H-pyrrole nitrogens is 1. The molecule has 14 heavy (non-hydrogen) atoms. The van der Waals surface area contributed by atoms with Gasteiger partial charge in [0.25, 0.3) is 0 Å². The molecule has 0 amide bonds. The third-order valence-electron chi connectivity index (χ3n) is 2.59. The summed E-state index contributed by atoms with van der Waals surface area (Å²) in [6, 6.07) is 8.17. The van der Waals surface area contributed by atoms with E-state index < -0.39 is 0 Å². The standard InChI is InChI=1S/C11H12N2O/c1-2-8-4-5-13-11(8)10(3-1)14-9-6-12-7-9/h1-5,9,12-13H,6-7H2. The van der Waals surface area contributed by atoms with Crippen molar-refractivity contribution < 1.29 is 4.74 Å². The van der Waals surface area contributed by atoms with Gasteiger partial charge in [0.05, 0.1) is 5.52 Å². The minimum absolute atomic E-state index is 0.337. The quantitative estimate of drug-likeness (QED) is 0.749. The van der Waals surface area contributed by atoms with E-state index in [1.165, 1.54) is 5.39 Å². The fourth-order valence-electron chi connectivity index (χ4n) is 1.68. The lowest BCUT2D eigenvalue weighted by molar-refractivity contribution is 0.144. The Labute approximate surface area is 82.1 Å². The molecule has 2 aromatic rings. The number of ether oxygens (including phenoxy) is 1. The van der Waals surface area contributed by atoms with Crippen molar-refractivity contribution in [2.24, 2.45) is 0 Å². The summed E-state index contributed by atoms with van der Waals surface area (Å²) in [5, 5.41) is 4.39. The minimum Gasteiger partial charge on any atom is -0.486 e. The summed E-state index contributed by atoms with van der Waals surface area (Å²) >= 11 is 0. The number of para-hydroxylation sites is 1. The van der Waals surface area contributed by atoms with Crippen molar-refractivity contribution in [3.8, 4) is 5.75 Å². The lowest BCUT2D eigenvalue weighted by Gasteiger charge is -2.27. The first kappa shape index (κ1) is 7.88. The maximum atomic E-state index is 5.83. The van der Waals surface area contributed by atoms with Gasteiger partial charge in [-0.3, -0.25) is 0 Å². The van der Waals surface area contributed by atoms with E-state index in [0.29, 0.717) is 6.10 Å². The summed E-state index contributed by atoms with van der Waals surface area (Å²) in [4.78, 5) is 3.20. The Balaban J connectivity index is 1.97. The zero-order valence-corrected chi connectivity index (χ0v) is 7.79. The minimum atomic E-state index is 0.337. The average Bonchev–Trinajstić information content (AvgIpc) is 2.59. The number of hydrogen-bond donors (Lipinski definition) is 2. The van der Waals surface area contributed by atoms with Gasteiger partial charge in [0, 0.05) is 24.7 Å². The van der Waals surface area contributed by atoms with Gasteiger partial charge in [-0.05, 0) is 12.1 Å². The molecule has 3 rings (SSSR count). The van der Waals surface area contributed by atoms with Crippen LogP contribution in [0.1, 0.15) is 0 Å². The van der Waals surface area contributed by atoms with E-state index >= 15 is 0 Å². The lowest BCUT2D eigenvalue weighted by Crippen LogP contribution is -2.50. The second-order valence-corrected chi connectivity index (χ2v) is 3.60. The molecule has 3 heteroatoms. The van der Waals surface area contributed by atoms with Gasteiger partial charge in [0.15, 0.2) is 0 Å². The highest BCUT2D eigenvalue weighted by Gasteiger charge is 2.19. The second-order valence-electron chi connectivity index (χ2n) is 3.60. The molecule has 72 valence electrons. The molecule has 2 heterocycles. The van der Waals surface area contributed by atoms with Crippen LogP contribution in [0, 0.1) is 0 Å². The third-order valence-corrected chi connectivity index (χ3v) is 2.59. The molecule has 3 nitrogen and oxygen atoms in total. The molecule has 0 spiro atoms. The summed E-state index contributed by atoms with van der Waals surface area (Å²) in [5.41, 5.74) is 1.10. The van der Waals surface area contributed by atoms with Crippen LogP contribution in [0.3, 0.4) is 0 Å². The van der Waals surface area contributed by atoms with Crippen molar-refractivity contribution in [3.05, 3.63) is 30.5 Å². The molecule has 0 bridgehead atoms. The molecule has 1 aromatic heterocycles. The van der Waals surface area contributed by atoms with Gasteiger partial charge < -0.3 is 15.0 Å². The molecule has 2 N–H and O–H groups in total. The van der Waals surface area contributed by atoms with Gasteiger partial charge in [-0.2, -0.15) is 0 Å². The molecule has 0 atom stereocenters. The van der Waals surface area contributed by atoms with Crippen molar-refractivity contribution in [3.63, 3.8) is 0 Å². The van der Waals surface area contributed by atoms with Crippen LogP contribution < -0.4 is 10.1 Å². The molecule has 0 unspecified atom stereocenters. The summed E-state index contributed by atoms with van der Waals surface area (Å²) in [7, 11) is 0. The first-order valence-corrected chi connectivity index (χ1v) is 4.87. The van der Waals surface area contributed by atoms with Gasteiger partial charge in [0.2, 0.25) is 0 Å². The Morgan fingerprint density at radius 1 is 1.21 bits per heavy atom. The zero-order chi connectivity index (χ0) is 9.38.